The summed E-state index contributed by atoms with van der Waals surface area (Å²) in [6.07, 6.45) is 2.67. The summed E-state index contributed by atoms with van der Waals surface area (Å²) in [4.78, 5) is 4.10. The lowest BCUT2D eigenvalue weighted by atomic mass is 9.91. The van der Waals surface area contributed by atoms with Crippen molar-refractivity contribution < 1.29 is 19.3 Å². The third kappa shape index (κ3) is 5.13. The Morgan fingerprint density at radius 1 is 1.32 bits per heavy atom. The van der Waals surface area contributed by atoms with Gasteiger partial charge in [-0.1, -0.05) is 23.2 Å². The van der Waals surface area contributed by atoms with E-state index < -0.39 is 11.9 Å². The summed E-state index contributed by atoms with van der Waals surface area (Å²) >= 11 is 5.97. The summed E-state index contributed by atoms with van der Waals surface area (Å²) in [7, 11) is 0. The van der Waals surface area contributed by atoms with E-state index in [-0.39, 0.29) is 23.0 Å². The zero-order valence-corrected chi connectivity index (χ0v) is 22.7. The summed E-state index contributed by atoms with van der Waals surface area (Å²) in [6, 6.07) is 9.12. The number of pyridine rings is 1. The zero-order chi connectivity index (χ0) is 27.2. The smallest absolute Gasteiger partial charge is 0.165 e. The summed E-state index contributed by atoms with van der Waals surface area (Å²) in [6.45, 7) is 10.6. The minimum atomic E-state index is -0.845. The molecule has 2 aliphatic heterocycles. The highest BCUT2D eigenvalue weighted by Crippen LogP contribution is 2.45. The molecular weight excluding hydrogens is 506 g/mol. The van der Waals surface area contributed by atoms with Gasteiger partial charge >= 0.3 is 0 Å². The molecule has 5 rings (SSSR count). The van der Waals surface area contributed by atoms with Gasteiger partial charge in [-0.25, -0.2) is 4.98 Å². The van der Waals surface area contributed by atoms with Crippen molar-refractivity contribution in [2.75, 3.05) is 11.9 Å². The number of aryl methyl sites for hydroxylation is 1. The molecular formula is C28H30ClN5O4. The lowest BCUT2D eigenvalue weighted by Crippen LogP contribution is -2.24. The van der Waals surface area contributed by atoms with Crippen LogP contribution in [0, 0.1) is 18.3 Å². The first-order valence-corrected chi connectivity index (χ1v) is 12.8. The molecule has 0 aliphatic carbocycles. The van der Waals surface area contributed by atoms with Gasteiger partial charge in [0.2, 0.25) is 0 Å². The van der Waals surface area contributed by atoms with Crippen molar-refractivity contribution in [3.8, 4) is 11.8 Å². The van der Waals surface area contributed by atoms with E-state index in [1.807, 2.05) is 52.9 Å². The molecule has 9 nitrogen and oxygen atoms in total. The Balaban J connectivity index is 1.43. The average molecular weight is 536 g/mol. The molecule has 0 bridgehead atoms. The molecule has 1 fully saturated rings. The molecule has 2 aliphatic rings. The summed E-state index contributed by atoms with van der Waals surface area (Å²) in [5, 5.41) is 28.9. The fourth-order valence-corrected chi connectivity index (χ4v) is 5.04. The van der Waals surface area contributed by atoms with Gasteiger partial charge in [-0.3, -0.25) is 4.68 Å². The Morgan fingerprint density at radius 2 is 2.11 bits per heavy atom. The molecule has 2 N–H and O–H groups in total. The van der Waals surface area contributed by atoms with Crippen molar-refractivity contribution in [3.05, 3.63) is 75.3 Å². The van der Waals surface area contributed by atoms with Gasteiger partial charge in [0, 0.05) is 22.9 Å². The number of nitriles is 1. The van der Waals surface area contributed by atoms with Gasteiger partial charge < -0.3 is 24.6 Å². The number of halogens is 1. The molecule has 1 saturated heterocycles. The van der Waals surface area contributed by atoms with Gasteiger partial charge in [-0.05, 0) is 52.8 Å². The van der Waals surface area contributed by atoms with Crippen LogP contribution in [0.1, 0.15) is 67.8 Å². The fraction of sp³-hybridized carbons (Fsp3) is 0.393. The van der Waals surface area contributed by atoms with Crippen LogP contribution < -0.4 is 10.1 Å². The highest BCUT2D eigenvalue weighted by Gasteiger charge is 2.34. The van der Waals surface area contributed by atoms with E-state index in [4.69, 9.17) is 25.8 Å². The number of rotatable bonds is 6. The lowest BCUT2D eigenvalue weighted by Gasteiger charge is -2.30. The first-order chi connectivity index (χ1) is 18.0. The van der Waals surface area contributed by atoms with Crippen molar-refractivity contribution in [1.29, 1.82) is 5.26 Å². The minimum Gasteiger partial charge on any atom is -0.456 e. The predicted molar refractivity (Wildman–Crippen MR) is 142 cm³/mol. The maximum Gasteiger partial charge on any atom is 0.165 e. The van der Waals surface area contributed by atoms with E-state index in [9.17, 15) is 10.4 Å². The van der Waals surface area contributed by atoms with Crippen LogP contribution in [0.4, 0.5) is 5.69 Å². The van der Waals surface area contributed by atoms with Crippen LogP contribution in [0.25, 0.3) is 5.76 Å². The topological polar surface area (TPSA) is 114 Å². The first kappa shape index (κ1) is 26.2. The van der Waals surface area contributed by atoms with E-state index in [1.165, 1.54) is 0 Å². The molecule has 198 valence electrons. The number of hydrogen-bond acceptors (Lipinski definition) is 8. The lowest BCUT2D eigenvalue weighted by molar-refractivity contribution is -0.139. The summed E-state index contributed by atoms with van der Waals surface area (Å²) < 4.78 is 19.9. The Hall–Kier alpha value is -3.42. The molecule has 2 aromatic heterocycles. The standard InChI is InChI=1S/C28H30ClN5O4/c1-15-8-20(17(3)32-22-6-7-24(29)33-23(22)10-30)27-21(9-15)25(35)16(2)26(37-27)18-11-31-34(12-18)13-19-14-36-28(4,5)38-19/h6-9,11-12,17,19,25,32,35H,13-14H2,1-5H3/t17-,19?,25?/m1/s1. The number of fused-ring (bicyclic) bond motifs is 1. The second-order valence-electron chi connectivity index (χ2n) is 10.2. The van der Waals surface area contributed by atoms with Crippen molar-refractivity contribution in [2.24, 2.45) is 0 Å². The fourth-order valence-electron chi connectivity index (χ4n) is 4.89. The number of aliphatic hydroxyl groups is 1. The van der Waals surface area contributed by atoms with Crippen molar-refractivity contribution in [1.82, 2.24) is 14.8 Å². The van der Waals surface area contributed by atoms with Crippen molar-refractivity contribution in [3.63, 3.8) is 0 Å². The Bertz CT molecular complexity index is 1460. The van der Waals surface area contributed by atoms with Gasteiger partial charge in [0.1, 0.15) is 34.9 Å². The predicted octanol–water partition coefficient (Wildman–Crippen LogP) is 5.29. The highest BCUT2D eigenvalue weighted by atomic mass is 35.5. The van der Waals surface area contributed by atoms with Crippen LogP contribution in [-0.4, -0.2) is 38.4 Å². The molecule has 3 atom stereocenters. The maximum absolute atomic E-state index is 11.3. The SMILES string of the molecule is CC1=C(c2cnn(CC3COC(C)(C)O3)c2)Oc2c(cc(C)cc2[C@@H](C)Nc2ccc(Cl)nc2C#N)C1O. The van der Waals surface area contributed by atoms with Crippen molar-refractivity contribution >= 4 is 23.0 Å². The monoisotopic (exact) mass is 535 g/mol. The number of aromatic nitrogens is 3. The van der Waals surface area contributed by atoms with Gasteiger partial charge in [-0.15, -0.1) is 0 Å². The van der Waals surface area contributed by atoms with Gasteiger partial charge in [0.25, 0.3) is 0 Å². The van der Waals surface area contributed by atoms with Crippen LogP contribution in [0.5, 0.6) is 5.75 Å². The van der Waals surface area contributed by atoms with Gasteiger partial charge in [-0.2, -0.15) is 10.4 Å². The van der Waals surface area contributed by atoms with E-state index in [1.54, 1.807) is 23.0 Å². The van der Waals surface area contributed by atoms with Crippen molar-refractivity contribution in [2.45, 2.75) is 65.2 Å². The van der Waals surface area contributed by atoms with E-state index in [0.717, 1.165) is 16.7 Å². The number of anilines is 1. The van der Waals surface area contributed by atoms with Crippen LogP contribution >= 0.6 is 11.6 Å². The zero-order valence-electron chi connectivity index (χ0n) is 21.9. The highest BCUT2D eigenvalue weighted by molar-refractivity contribution is 6.29. The summed E-state index contributed by atoms with van der Waals surface area (Å²) in [5.74, 6) is 0.532. The molecule has 0 amide bonds. The number of ether oxygens (including phenoxy) is 3. The second-order valence-corrected chi connectivity index (χ2v) is 10.6. The second kappa shape index (κ2) is 10.0. The molecule has 10 heteroatoms. The molecule has 2 unspecified atom stereocenters. The molecule has 1 aromatic carbocycles. The van der Waals surface area contributed by atoms with E-state index in [0.29, 0.717) is 41.5 Å². The molecule has 0 radical (unpaired) electrons. The van der Waals surface area contributed by atoms with Crippen LogP contribution in [0.2, 0.25) is 5.15 Å². The van der Waals surface area contributed by atoms with E-state index in [2.05, 4.69) is 21.5 Å². The molecule has 4 heterocycles. The van der Waals surface area contributed by atoms with E-state index >= 15 is 0 Å². The minimum absolute atomic E-state index is 0.103. The Kier molecular flexibility index (Phi) is 6.92. The largest absolute Gasteiger partial charge is 0.456 e. The molecule has 3 aromatic rings. The van der Waals surface area contributed by atoms with Gasteiger partial charge in [0.05, 0.1) is 36.6 Å². The van der Waals surface area contributed by atoms with Crippen LogP contribution in [0.3, 0.4) is 0 Å². The average Bonchev–Trinajstić information content (AvgIpc) is 3.47. The third-order valence-corrected chi connectivity index (χ3v) is 6.93. The van der Waals surface area contributed by atoms with Crippen LogP contribution in [-0.2, 0) is 16.0 Å². The third-order valence-electron chi connectivity index (χ3n) is 6.72. The quantitative estimate of drug-likeness (QED) is 0.409. The Morgan fingerprint density at radius 3 is 2.82 bits per heavy atom. The maximum atomic E-state index is 11.3. The number of hydrogen-bond donors (Lipinski definition) is 2. The normalized spacial score (nSPS) is 21.0. The van der Waals surface area contributed by atoms with Crippen LogP contribution in [0.15, 0.2) is 42.2 Å². The molecule has 38 heavy (non-hydrogen) atoms. The first-order valence-electron chi connectivity index (χ1n) is 12.4. The molecule has 0 spiro atoms. The number of benzene rings is 1. The number of nitrogens with one attached hydrogen (secondary N) is 1. The number of nitrogens with zero attached hydrogens (tertiary/aromatic N) is 4. The Labute approximate surface area is 226 Å². The summed E-state index contributed by atoms with van der Waals surface area (Å²) in [5.41, 5.74) is 4.73. The number of aliphatic hydroxyl groups excluding tert-OH is 1. The van der Waals surface area contributed by atoms with Gasteiger partial charge in [0.15, 0.2) is 11.5 Å². The molecule has 0 saturated carbocycles.